The number of aromatic amines is 1. The predicted molar refractivity (Wildman–Crippen MR) is 110 cm³/mol. The fraction of sp³-hybridized carbons (Fsp3) is 0.368. The number of aromatic nitrogens is 2. The van der Waals surface area contributed by atoms with Gasteiger partial charge in [0, 0.05) is 31.2 Å². The number of nitrogens with two attached hydrogens (primary N) is 1. The molecule has 1 aliphatic heterocycles. The molecule has 148 valence electrons. The first-order valence-corrected chi connectivity index (χ1v) is 9.49. The van der Waals surface area contributed by atoms with E-state index < -0.39 is 0 Å². The van der Waals surface area contributed by atoms with E-state index in [9.17, 15) is 14.4 Å². The zero-order valence-electron chi connectivity index (χ0n) is 15.4. The molecule has 1 aliphatic rings. The average molecular weight is 401 g/mol. The van der Waals surface area contributed by atoms with Crippen LogP contribution in [0.2, 0.25) is 0 Å². The van der Waals surface area contributed by atoms with E-state index in [0.29, 0.717) is 36.1 Å². The average Bonchev–Trinajstić information content (AvgIpc) is 2.65. The minimum Gasteiger partial charge on any atom is -0.369 e. The molecule has 3 rings (SSSR count). The van der Waals surface area contributed by atoms with Gasteiger partial charge in [-0.25, -0.2) is 0 Å². The number of hydrogen-bond acceptors (Lipinski definition) is 5. The van der Waals surface area contributed by atoms with Gasteiger partial charge in [0.1, 0.15) is 0 Å². The maximum atomic E-state index is 12.6. The van der Waals surface area contributed by atoms with E-state index in [1.807, 2.05) is 4.90 Å². The molecule has 1 aromatic heterocycles. The van der Waals surface area contributed by atoms with Crippen molar-refractivity contribution in [3.63, 3.8) is 0 Å². The third-order valence-corrected chi connectivity index (χ3v) is 5.18. The van der Waals surface area contributed by atoms with E-state index >= 15 is 0 Å². The molecule has 8 nitrogen and oxygen atoms in total. The lowest BCUT2D eigenvalue weighted by atomic mass is 10.0. The number of piperidine rings is 1. The summed E-state index contributed by atoms with van der Waals surface area (Å²) in [6.07, 6.45) is 3.11. The Morgan fingerprint density at radius 3 is 2.71 bits per heavy atom. The lowest BCUT2D eigenvalue weighted by Crippen LogP contribution is -2.46. The topological polar surface area (TPSA) is 113 Å². The maximum Gasteiger partial charge on any atom is 0.262 e. The van der Waals surface area contributed by atoms with Crippen LogP contribution in [0.3, 0.4) is 0 Å². The standard InChI is InChI=1S/C19H23N5O3S/c1-2-7-24-18(27)14-4-3-12(10-15(14)22-19(24)28)17(26)21-13-5-8-23(9-6-13)11-16(20)25/h2-4,10,13H,1,5-9,11H2,(H2,20,25)(H,21,26)(H,22,28). The molecule has 1 aromatic carbocycles. The molecule has 2 aromatic rings. The molecular formula is C19H23N5O3S. The van der Waals surface area contributed by atoms with Crippen LogP contribution < -0.4 is 16.6 Å². The summed E-state index contributed by atoms with van der Waals surface area (Å²) in [4.78, 5) is 41.1. The molecule has 28 heavy (non-hydrogen) atoms. The molecule has 0 aliphatic carbocycles. The highest BCUT2D eigenvalue weighted by Crippen LogP contribution is 2.14. The van der Waals surface area contributed by atoms with Gasteiger partial charge >= 0.3 is 0 Å². The number of rotatable bonds is 6. The van der Waals surface area contributed by atoms with E-state index in [1.54, 1.807) is 24.3 Å². The molecule has 0 radical (unpaired) electrons. The fourth-order valence-electron chi connectivity index (χ4n) is 3.42. The van der Waals surface area contributed by atoms with E-state index in [1.165, 1.54) is 4.57 Å². The minimum absolute atomic E-state index is 0.0337. The molecule has 0 saturated carbocycles. The number of nitrogens with one attached hydrogen (secondary N) is 2. The highest BCUT2D eigenvalue weighted by molar-refractivity contribution is 7.71. The van der Waals surface area contributed by atoms with Crippen LogP contribution in [0.25, 0.3) is 10.9 Å². The number of carbonyl (C=O) groups excluding carboxylic acids is 2. The third kappa shape index (κ3) is 4.37. The number of nitrogens with zero attached hydrogens (tertiary/aromatic N) is 2. The summed E-state index contributed by atoms with van der Waals surface area (Å²) in [5.41, 5.74) is 5.99. The number of amides is 2. The van der Waals surface area contributed by atoms with Crippen molar-refractivity contribution in [2.45, 2.75) is 25.4 Å². The van der Waals surface area contributed by atoms with E-state index in [-0.39, 0.29) is 34.7 Å². The van der Waals surface area contributed by atoms with Crippen LogP contribution in [0.5, 0.6) is 0 Å². The third-order valence-electron chi connectivity index (χ3n) is 4.86. The highest BCUT2D eigenvalue weighted by atomic mass is 32.1. The van der Waals surface area contributed by atoms with Crippen LogP contribution in [-0.2, 0) is 11.3 Å². The lowest BCUT2D eigenvalue weighted by Gasteiger charge is -2.31. The fourth-order valence-corrected chi connectivity index (χ4v) is 3.68. The van der Waals surface area contributed by atoms with Gasteiger partial charge in [0.2, 0.25) is 5.91 Å². The smallest absolute Gasteiger partial charge is 0.262 e. The Hall–Kier alpha value is -2.78. The molecule has 1 saturated heterocycles. The van der Waals surface area contributed by atoms with Gasteiger partial charge in [-0.2, -0.15) is 0 Å². The molecule has 2 amide bonds. The highest BCUT2D eigenvalue weighted by Gasteiger charge is 2.22. The SMILES string of the molecule is C=CCn1c(=S)[nH]c2cc(C(=O)NC3CCN(CC(N)=O)CC3)ccc2c1=O. The second-order valence-electron chi connectivity index (χ2n) is 6.89. The van der Waals surface area contributed by atoms with E-state index in [2.05, 4.69) is 16.9 Å². The Balaban J connectivity index is 1.73. The first-order chi connectivity index (χ1) is 13.4. The van der Waals surface area contributed by atoms with Gasteiger partial charge < -0.3 is 16.0 Å². The number of hydrogen-bond donors (Lipinski definition) is 3. The van der Waals surface area contributed by atoms with Crippen LogP contribution in [0, 0.1) is 4.77 Å². The number of allylic oxidation sites excluding steroid dienone is 1. The Kier molecular flexibility index (Phi) is 6.05. The number of fused-ring (bicyclic) bond motifs is 1. The Bertz CT molecular complexity index is 1030. The predicted octanol–water partition coefficient (Wildman–Crippen LogP) is 0.925. The Labute approximate surface area is 167 Å². The van der Waals surface area contributed by atoms with Crippen molar-refractivity contribution in [2.24, 2.45) is 5.73 Å². The van der Waals surface area contributed by atoms with Gasteiger partial charge in [0.05, 0.1) is 17.4 Å². The molecule has 0 bridgehead atoms. The van der Waals surface area contributed by atoms with Crippen LogP contribution in [0.1, 0.15) is 23.2 Å². The maximum absolute atomic E-state index is 12.6. The molecule has 0 atom stereocenters. The number of H-pyrrole nitrogens is 1. The summed E-state index contributed by atoms with van der Waals surface area (Å²) in [5, 5.41) is 3.48. The summed E-state index contributed by atoms with van der Waals surface area (Å²) in [6, 6.07) is 4.94. The summed E-state index contributed by atoms with van der Waals surface area (Å²) < 4.78 is 1.71. The van der Waals surface area contributed by atoms with Crippen LogP contribution in [0.4, 0.5) is 0 Å². The van der Waals surface area contributed by atoms with Crippen LogP contribution >= 0.6 is 12.2 Å². The molecule has 0 unspecified atom stereocenters. The summed E-state index contributed by atoms with van der Waals surface area (Å²) in [5.74, 6) is -0.548. The second-order valence-corrected chi connectivity index (χ2v) is 7.27. The Morgan fingerprint density at radius 2 is 2.07 bits per heavy atom. The zero-order chi connectivity index (χ0) is 20.3. The van der Waals surface area contributed by atoms with Crippen molar-refractivity contribution in [2.75, 3.05) is 19.6 Å². The molecule has 1 fully saturated rings. The monoisotopic (exact) mass is 401 g/mol. The molecule has 0 spiro atoms. The second kappa shape index (κ2) is 8.49. The number of primary amides is 1. The summed E-state index contributed by atoms with van der Waals surface area (Å²) in [7, 11) is 0. The molecular weight excluding hydrogens is 378 g/mol. The summed E-state index contributed by atoms with van der Waals surface area (Å²) in [6.45, 7) is 5.61. The molecule has 9 heteroatoms. The van der Waals surface area contributed by atoms with Crippen molar-refractivity contribution in [3.8, 4) is 0 Å². The van der Waals surface area contributed by atoms with Crippen molar-refractivity contribution in [3.05, 3.63) is 51.5 Å². The largest absolute Gasteiger partial charge is 0.369 e. The zero-order valence-corrected chi connectivity index (χ0v) is 16.3. The first kappa shape index (κ1) is 20.0. The number of benzene rings is 1. The van der Waals surface area contributed by atoms with Gasteiger partial charge in [-0.1, -0.05) is 6.08 Å². The van der Waals surface area contributed by atoms with Crippen LogP contribution in [-0.4, -0.2) is 51.9 Å². The number of likely N-dealkylation sites (tertiary alicyclic amines) is 1. The van der Waals surface area contributed by atoms with Gasteiger partial charge in [0.15, 0.2) is 4.77 Å². The van der Waals surface area contributed by atoms with Crippen molar-refractivity contribution >= 4 is 34.9 Å². The summed E-state index contributed by atoms with van der Waals surface area (Å²) >= 11 is 5.23. The van der Waals surface area contributed by atoms with Gasteiger partial charge in [-0.3, -0.25) is 23.9 Å². The van der Waals surface area contributed by atoms with E-state index in [0.717, 1.165) is 12.8 Å². The van der Waals surface area contributed by atoms with Crippen molar-refractivity contribution in [1.29, 1.82) is 0 Å². The first-order valence-electron chi connectivity index (χ1n) is 9.08. The normalized spacial score (nSPS) is 15.4. The number of carbonyl (C=O) groups is 2. The lowest BCUT2D eigenvalue weighted by molar-refractivity contribution is -0.119. The molecule has 2 heterocycles. The quantitative estimate of drug-likeness (QED) is 0.492. The van der Waals surface area contributed by atoms with E-state index in [4.69, 9.17) is 18.0 Å². The molecule has 4 N–H and O–H groups in total. The minimum atomic E-state index is -0.344. The Morgan fingerprint density at radius 1 is 1.36 bits per heavy atom. The van der Waals surface area contributed by atoms with Gasteiger partial charge in [-0.15, -0.1) is 6.58 Å². The van der Waals surface area contributed by atoms with Crippen molar-refractivity contribution < 1.29 is 9.59 Å². The van der Waals surface area contributed by atoms with Gasteiger partial charge in [0.25, 0.3) is 11.5 Å². The van der Waals surface area contributed by atoms with Crippen molar-refractivity contribution in [1.82, 2.24) is 19.8 Å². The van der Waals surface area contributed by atoms with Gasteiger partial charge in [-0.05, 0) is 43.3 Å². The van der Waals surface area contributed by atoms with Crippen LogP contribution in [0.15, 0.2) is 35.6 Å².